The second-order valence-electron chi connectivity index (χ2n) is 6.55. The second kappa shape index (κ2) is 8.27. The molecule has 0 aliphatic carbocycles. The van der Waals surface area contributed by atoms with Crippen LogP contribution in [0.4, 0.5) is 17.2 Å². The van der Waals surface area contributed by atoms with Crippen molar-refractivity contribution >= 4 is 34.7 Å². The Morgan fingerprint density at radius 2 is 1.71 bits per heavy atom. The number of hydrogen-bond donors (Lipinski definition) is 1. The summed E-state index contributed by atoms with van der Waals surface area (Å²) in [6.45, 7) is 3.44. The van der Waals surface area contributed by atoms with Crippen molar-refractivity contribution in [1.29, 1.82) is 0 Å². The summed E-state index contributed by atoms with van der Waals surface area (Å²) in [5.41, 5.74) is 2.17. The molecule has 0 saturated carbocycles. The summed E-state index contributed by atoms with van der Waals surface area (Å²) in [6, 6.07) is 14.9. The largest absolute Gasteiger partial charge is 0.367 e. The normalized spacial score (nSPS) is 14.0. The number of amides is 1. The SMILES string of the molecule is O=C(Nc1ccc(Cl)cc1)c1cncc(N2CCN(c3ccccn3)CC2)c1. The van der Waals surface area contributed by atoms with Crippen LogP contribution in [0.3, 0.4) is 0 Å². The minimum absolute atomic E-state index is 0.191. The van der Waals surface area contributed by atoms with Crippen LogP contribution in [0.5, 0.6) is 0 Å². The lowest BCUT2D eigenvalue weighted by atomic mass is 10.2. The molecular weight excluding hydrogens is 374 g/mol. The molecule has 1 fully saturated rings. The smallest absolute Gasteiger partial charge is 0.257 e. The van der Waals surface area contributed by atoms with Gasteiger partial charge in [-0.2, -0.15) is 0 Å². The highest BCUT2D eigenvalue weighted by atomic mass is 35.5. The number of halogens is 1. The fraction of sp³-hybridized carbons (Fsp3) is 0.190. The number of nitrogens with zero attached hydrogens (tertiary/aromatic N) is 4. The Hall–Kier alpha value is -3.12. The van der Waals surface area contributed by atoms with Crippen LogP contribution in [-0.2, 0) is 0 Å². The number of anilines is 3. The van der Waals surface area contributed by atoms with Gasteiger partial charge in [0.15, 0.2) is 0 Å². The van der Waals surface area contributed by atoms with E-state index < -0.39 is 0 Å². The maximum absolute atomic E-state index is 12.6. The van der Waals surface area contributed by atoms with Crippen LogP contribution in [0.2, 0.25) is 5.02 Å². The zero-order valence-electron chi connectivity index (χ0n) is 15.3. The zero-order chi connectivity index (χ0) is 19.3. The minimum Gasteiger partial charge on any atom is -0.367 e. The Morgan fingerprint density at radius 3 is 2.43 bits per heavy atom. The maximum Gasteiger partial charge on any atom is 0.257 e. The molecule has 1 aromatic carbocycles. The van der Waals surface area contributed by atoms with Crippen LogP contribution in [0.1, 0.15) is 10.4 Å². The molecular formula is C21H20ClN5O. The minimum atomic E-state index is -0.191. The molecule has 7 heteroatoms. The van der Waals surface area contributed by atoms with Gasteiger partial charge in [-0.3, -0.25) is 9.78 Å². The summed E-state index contributed by atoms with van der Waals surface area (Å²) in [5.74, 6) is 0.806. The van der Waals surface area contributed by atoms with Gasteiger partial charge in [0.05, 0.1) is 17.4 Å². The highest BCUT2D eigenvalue weighted by Crippen LogP contribution is 2.20. The first-order chi connectivity index (χ1) is 13.7. The number of nitrogens with one attached hydrogen (secondary N) is 1. The fourth-order valence-electron chi connectivity index (χ4n) is 3.20. The van der Waals surface area contributed by atoms with Crippen LogP contribution in [0, 0.1) is 0 Å². The Balaban J connectivity index is 1.41. The third-order valence-corrected chi connectivity index (χ3v) is 4.96. The molecule has 1 amide bonds. The molecule has 0 spiro atoms. The number of piperazine rings is 1. The fourth-order valence-corrected chi connectivity index (χ4v) is 3.32. The van der Waals surface area contributed by atoms with Crippen molar-refractivity contribution in [2.45, 2.75) is 0 Å². The predicted molar refractivity (Wildman–Crippen MR) is 112 cm³/mol. The monoisotopic (exact) mass is 393 g/mol. The van der Waals surface area contributed by atoms with Gasteiger partial charge >= 0.3 is 0 Å². The lowest BCUT2D eigenvalue weighted by molar-refractivity contribution is 0.102. The number of hydrogen-bond acceptors (Lipinski definition) is 5. The van der Waals surface area contributed by atoms with Crippen molar-refractivity contribution in [2.24, 2.45) is 0 Å². The summed E-state index contributed by atoms with van der Waals surface area (Å²) in [4.78, 5) is 25.7. The standard InChI is InChI=1S/C21H20ClN5O/c22-17-4-6-18(7-5-17)25-21(28)16-13-19(15-23-14-16)26-9-11-27(12-10-26)20-3-1-2-8-24-20/h1-8,13-15H,9-12H2,(H,25,28). The molecule has 1 N–H and O–H groups in total. The van der Waals surface area contributed by atoms with Crippen molar-refractivity contribution in [3.8, 4) is 0 Å². The molecule has 1 saturated heterocycles. The Kier molecular flexibility index (Phi) is 5.39. The van der Waals surface area contributed by atoms with Gasteiger partial charge in [0, 0.05) is 49.3 Å². The van der Waals surface area contributed by atoms with Crippen molar-refractivity contribution in [3.05, 3.63) is 77.7 Å². The lowest BCUT2D eigenvalue weighted by Gasteiger charge is -2.36. The average Bonchev–Trinajstić information content (AvgIpc) is 2.76. The number of pyridine rings is 2. The van der Waals surface area contributed by atoms with E-state index in [0.29, 0.717) is 16.3 Å². The molecule has 4 rings (SSSR count). The molecule has 0 atom stereocenters. The number of rotatable bonds is 4. The van der Waals surface area contributed by atoms with Crippen LogP contribution in [0.15, 0.2) is 67.1 Å². The summed E-state index contributed by atoms with van der Waals surface area (Å²) in [6.07, 6.45) is 5.20. The van der Waals surface area contributed by atoms with Crippen LogP contribution in [0.25, 0.3) is 0 Å². The number of aromatic nitrogens is 2. The summed E-state index contributed by atoms with van der Waals surface area (Å²) in [5, 5.41) is 3.50. The number of carbonyl (C=O) groups excluding carboxylic acids is 1. The first-order valence-electron chi connectivity index (χ1n) is 9.12. The molecule has 0 unspecified atom stereocenters. The van der Waals surface area contributed by atoms with Gasteiger partial charge < -0.3 is 15.1 Å². The highest BCUT2D eigenvalue weighted by molar-refractivity contribution is 6.30. The third kappa shape index (κ3) is 4.23. The Morgan fingerprint density at radius 1 is 0.964 bits per heavy atom. The van der Waals surface area contributed by atoms with E-state index in [1.54, 1.807) is 36.7 Å². The van der Waals surface area contributed by atoms with E-state index in [1.807, 2.05) is 30.5 Å². The molecule has 2 aromatic heterocycles. The van der Waals surface area contributed by atoms with E-state index in [-0.39, 0.29) is 5.91 Å². The van der Waals surface area contributed by atoms with Gasteiger partial charge in [0.1, 0.15) is 5.82 Å². The van der Waals surface area contributed by atoms with Gasteiger partial charge in [0.25, 0.3) is 5.91 Å². The van der Waals surface area contributed by atoms with Gasteiger partial charge in [-0.05, 0) is 42.5 Å². The van der Waals surface area contributed by atoms with Crippen molar-refractivity contribution in [3.63, 3.8) is 0 Å². The van der Waals surface area contributed by atoms with E-state index in [9.17, 15) is 4.79 Å². The molecule has 0 bridgehead atoms. The third-order valence-electron chi connectivity index (χ3n) is 4.71. The number of carbonyl (C=O) groups is 1. The van der Waals surface area contributed by atoms with Gasteiger partial charge in [-0.1, -0.05) is 17.7 Å². The van der Waals surface area contributed by atoms with Crippen molar-refractivity contribution in [2.75, 3.05) is 41.3 Å². The second-order valence-corrected chi connectivity index (χ2v) is 6.99. The lowest BCUT2D eigenvalue weighted by Crippen LogP contribution is -2.46. The first-order valence-corrected chi connectivity index (χ1v) is 9.50. The maximum atomic E-state index is 12.6. The molecule has 1 aliphatic heterocycles. The molecule has 28 heavy (non-hydrogen) atoms. The van der Waals surface area contributed by atoms with E-state index in [1.165, 1.54) is 0 Å². The molecule has 3 heterocycles. The van der Waals surface area contributed by atoms with Gasteiger partial charge in [-0.25, -0.2) is 4.98 Å². The van der Waals surface area contributed by atoms with Crippen molar-refractivity contribution in [1.82, 2.24) is 9.97 Å². The van der Waals surface area contributed by atoms with E-state index in [4.69, 9.17) is 11.6 Å². The molecule has 1 aliphatic rings. The first kappa shape index (κ1) is 18.3. The van der Waals surface area contributed by atoms with E-state index in [2.05, 4.69) is 25.1 Å². The summed E-state index contributed by atoms with van der Waals surface area (Å²) >= 11 is 5.89. The quantitative estimate of drug-likeness (QED) is 0.732. The Labute approximate surface area is 168 Å². The zero-order valence-corrected chi connectivity index (χ0v) is 16.0. The van der Waals surface area contributed by atoms with Crippen molar-refractivity contribution < 1.29 is 4.79 Å². The van der Waals surface area contributed by atoms with E-state index >= 15 is 0 Å². The molecule has 3 aromatic rings. The predicted octanol–water partition coefficient (Wildman–Crippen LogP) is 3.71. The van der Waals surface area contributed by atoms with E-state index in [0.717, 1.165) is 37.7 Å². The topological polar surface area (TPSA) is 61.4 Å². The van der Waals surface area contributed by atoms with Gasteiger partial charge in [-0.15, -0.1) is 0 Å². The van der Waals surface area contributed by atoms with Crippen LogP contribution in [-0.4, -0.2) is 42.1 Å². The Bertz CT molecular complexity index is 941. The summed E-state index contributed by atoms with van der Waals surface area (Å²) < 4.78 is 0. The molecule has 0 radical (unpaired) electrons. The highest BCUT2D eigenvalue weighted by Gasteiger charge is 2.19. The van der Waals surface area contributed by atoms with Crippen LogP contribution >= 0.6 is 11.6 Å². The summed E-state index contributed by atoms with van der Waals surface area (Å²) in [7, 11) is 0. The average molecular weight is 394 g/mol. The van der Waals surface area contributed by atoms with Crippen LogP contribution < -0.4 is 15.1 Å². The van der Waals surface area contributed by atoms with Gasteiger partial charge in [0.2, 0.25) is 0 Å². The number of benzene rings is 1. The molecule has 6 nitrogen and oxygen atoms in total. The molecule has 142 valence electrons.